The Morgan fingerprint density at radius 3 is 2.59 bits per heavy atom. The van der Waals surface area contributed by atoms with Crippen molar-refractivity contribution in [3.63, 3.8) is 0 Å². The summed E-state index contributed by atoms with van der Waals surface area (Å²) in [5, 5.41) is 9.39. The molecule has 3 rings (SSSR count). The van der Waals surface area contributed by atoms with Crippen molar-refractivity contribution in [2.24, 2.45) is 0 Å². The van der Waals surface area contributed by atoms with E-state index in [0.717, 1.165) is 5.82 Å². The van der Waals surface area contributed by atoms with Crippen molar-refractivity contribution >= 4 is 11.7 Å². The summed E-state index contributed by atoms with van der Waals surface area (Å²) in [5.41, 5.74) is -0.289. The molecule has 2 aromatic rings. The lowest BCUT2D eigenvalue weighted by Gasteiger charge is -2.35. The van der Waals surface area contributed by atoms with E-state index in [2.05, 4.69) is 14.9 Å². The van der Waals surface area contributed by atoms with Crippen LogP contribution in [0.4, 0.5) is 5.82 Å². The Morgan fingerprint density at radius 1 is 1.18 bits per heavy atom. The SMILES string of the molecule is O=C(c1cc(O)[nH]c(=O)c1)N1CCN(c2ccccn2)CC1. The molecule has 0 aliphatic carbocycles. The van der Waals surface area contributed by atoms with Gasteiger partial charge in [-0.2, -0.15) is 0 Å². The number of nitrogens with zero attached hydrogens (tertiary/aromatic N) is 3. The van der Waals surface area contributed by atoms with E-state index < -0.39 is 5.56 Å². The molecule has 7 heteroatoms. The average molecular weight is 300 g/mol. The molecule has 2 N–H and O–H groups in total. The van der Waals surface area contributed by atoms with Crippen molar-refractivity contribution in [2.45, 2.75) is 0 Å². The number of carbonyl (C=O) groups is 1. The van der Waals surface area contributed by atoms with Crippen LogP contribution in [0.25, 0.3) is 0 Å². The summed E-state index contributed by atoms with van der Waals surface area (Å²) < 4.78 is 0. The Balaban J connectivity index is 1.68. The van der Waals surface area contributed by atoms with Gasteiger partial charge in [-0.1, -0.05) is 6.07 Å². The van der Waals surface area contributed by atoms with Crippen LogP contribution in [0, 0.1) is 0 Å². The summed E-state index contributed by atoms with van der Waals surface area (Å²) >= 11 is 0. The Labute approximate surface area is 126 Å². The second kappa shape index (κ2) is 5.88. The van der Waals surface area contributed by atoms with E-state index in [0.29, 0.717) is 26.2 Å². The van der Waals surface area contributed by atoms with Crippen LogP contribution < -0.4 is 10.5 Å². The number of aromatic amines is 1. The summed E-state index contributed by atoms with van der Waals surface area (Å²) in [5.74, 6) is 0.341. The highest BCUT2D eigenvalue weighted by molar-refractivity contribution is 5.94. The summed E-state index contributed by atoms with van der Waals surface area (Å²) in [6.07, 6.45) is 1.74. The zero-order chi connectivity index (χ0) is 15.5. The highest BCUT2D eigenvalue weighted by atomic mass is 16.3. The fourth-order valence-electron chi connectivity index (χ4n) is 2.51. The number of aromatic hydroxyl groups is 1. The van der Waals surface area contributed by atoms with Gasteiger partial charge in [-0.05, 0) is 12.1 Å². The molecule has 114 valence electrons. The van der Waals surface area contributed by atoms with Crippen molar-refractivity contribution < 1.29 is 9.90 Å². The second-order valence-corrected chi connectivity index (χ2v) is 5.09. The van der Waals surface area contributed by atoms with Crippen LogP contribution >= 0.6 is 0 Å². The summed E-state index contributed by atoms with van der Waals surface area (Å²) in [4.78, 5) is 34.0. The molecule has 0 saturated carbocycles. The van der Waals surface area contributed by atoms with E-state index in [1.807, 2.05) is 18.2 Å². The molecule has 7 nitrogen and oxygen atoms in total. The Kier molecular flexibility index (Phi) is 3.78. The predicted octanol–water partition coefficient (Wildman–Crippen LogP) is 0.438. The quantitative estimate of drug-likeness (QED) is 0.840. The number of hydrogen-bond acceptors (Lipinski definition) is 5. The number of pyridine rings is 2. The summed E-state index contributed by atoms with van der Waals surface area (Å²) in [6.45, 7) is 2.45. The molecule has 1 aliphatic rings. The van der Waals surface area contributed by atoms with Crippen LogP contribution in [0.1, 0.15) is 10.4 Å². The fraction of sp³-hybridized carbons (Fsp3) is 0.267. The van der Waals surface area contributed by atoms with Crippen LogP contribution in [0.3, 0.4) is 0 Å². The summed E-state index contributed by atoms with van der Waals surface area (Å²) in [6, 6.07) is 8.20. The van der Waals surface area contributed by atoms with Gasteiger partial charge in [0.1, 0.15) is 5.82 Å². The molecule has 0 unspecified atom stereocenters. The van der Waals surface area contributed by atoms with Crippen LogP contribution in [-0.4, -0.2) is 52.1 Å². The third-order valence-corrected chi connectivity index (χ3v) is 3.62. The van der Waals surface area contributed by atoms with Gasteiger partial charge in [-0.15, -0.1) is 0 Å². The average Bonchev–Trinajstić information content (AvgIpc) is 2.54. The topological polar surface area (TPSA) is 89.5 Å². The largest absolute Gasteiger partial charge is 0.494 e. The maximum absolute atomic E-state index is 12.4. The second-order valence-electron chi connectivity index (χ2n) is 5.09. The van der Waals surface area contributed by atoms with E-state index in [4.69, 9.17) is 0 Å². The maximum Gasteiger partial charge on any atom is 0.254 e. The highest BCUT2D eigenvalue weighted by Crippen LogP contribution is 2.15. The lowest BCUT2D eigenvalue weighted by molar-refractivity contribution is 0.0745. The minimum Gasteiger partial charge on any atom is -0.494 e. The van der Waals surface area contributed by atoms with Gasteiger partial charge in [0.2, 0.25) is 0 Å². The normalized spacial score (nSPS) is 14.9. The number of anilines is 1. The first-order chi connectivity index (χ1) is 10.6. The molecule has 1 fully saturated rings. The van der Waals surface area contributed by atoms with Crippen LogP contribution in [-0.2, 0) is 0 Å². The fourth-order valence-corrected chi connectivity index (χ4v) is 2.51. The smallest absolute Gasteiger partial charge is 0.254 e. The van der Waals surface area contributed by atoms with Gasteiger partial charge in [0.15, 0.2) is 5.88 Å². The molecule has 0 spiro atoms. The Hall–Kier alpha value is -2.83. The number of amides is 1. The first-order valence-corrected chi connectivity index (χ1v) is 7.02. The number of carbonyl (C=O) groups excluding carboxylic acids is 1. The number of rotatable bonds is 2. The van der Waals surface area contributed by atoms with Crippen molar-refractivity contribution in [1.82, 2.24) is 14.9 Å². The van der Waals surface area contributed by atoms with Crippen LogP contribution in [0.2, 0.25) is 0 Å². The maximum atomic E-state index is 12.4. The number of nitrogens with one attached hydrogen (secondary N) is 1. The molecular formula is C15H16N4O3. The van der Waals surface area contributed by atoms with Gasteiger partial charge in [-0.3, -0.25) is 14.6 Å². The van der Waals surface area contributed by atoms with E-state index in [-0.39, 0.29) is 17.4 Å². The highest BCUT2D eigenvalue weighted by Gasteiger charge is 2.23. The van der Waals surface area contributed by atoms with Gasteiger partial charge in [-0.25, -0.2) is 4.98 Å². The van der Waals surface area contributed by atoms with E-state index >= 15 is 0 Å². The van der Waals surface area contributed by atoms with E-state index in [1.165, 1.54) is 12.1 Å². The minimum absolute atomic E-state index is 0.201. The molecule has 2 aromatic heterocycles. The predicted molar refractivity (Wildman–Crippen MR) is 81.1 cm³/mol. The van der Waals surface area contributed by atoms with E-state index in [9.17, 15) is 14.7 Å². The Morgan fingerprint density at radius 2 is 1.95 bits per heavy atom. The molecule has 1 amide bonds. The van der Waals surface area contributed by atoms with Crippen molar-refractivity contribution in [3.05, 3.63) is 52.4 Å². The monoisotopic (exact) mass is 300 g/mol. The molecule has 3 heterocycles. The zero-order valence-corrected chi connectivity index (χ0v) is 11.9. The zero-order valence-electron chi connectivity index (χ0n) is 11.9. The van der Waals surface area contributed by atoms with Crippen molar-refractivity contribution in [3.8, 4) is 5.88 Å². The summed E-state index contributed by atoms with van der Waals surface area (Å²) in [7, 11) is 0. The van der Waals surface area contributed by atoms with Gasteiger partial charge in [0, 0.05) is 44.5 Å². The van der Waals surface area contributed by atoms with Crippen molar-refractivity contribution in [1.29, 1.82) is 0 Å². The van der Waals surface area contributed by atoms with Crippen LogP contribution in [0.15, 0.2) is 41.3 Å². The van der Waals surface area contributed by atoms with E-state index in [1.54, 1.807) is 11.1 Å². The van der Waals surface area contributed by atoms with Crippen LogP contribution in [0.5, 0.6) is 5.88 Å². The van der Waals surface area contributed by atoms with Crippen molar-refractivity contribution in [2.75, 3.05) is 31.1 Å². The molecule has 1 aliphatic heterocycles. The molecule has 1 saturated heterocycles. The van der Waals surface area contributed by atoms with Gasteiger partial charge in [0.05, 0.1) is 5.56 Å². The lowest BCUT2D eigenvalue weighted by Crippen LogP contribution is -2.49. The molecule has 0 bridgehead atoms. The molecule has 0 radical (unpaired) electrons. The number of piperazine rings is 1. The standard InChI is InChI=1S/C15H16N4O3/c20-13-9-11(10-14(21)17-13)15(22)19-7-5-18(6-8-19)12-3-1-2-4-16-12/h1-4,9-10H,5-8H2,(H2,17,20,21). The first-order valence-electron chi connectivity index (χ1n) is 7.02. The number of aromatic nitrogens is 2. The minimum atomic E-state index is -0.490. The Bertz CT molecular complexity index is 721. The van der Waals surface area contributed by atoms with Gasteiger partial charge >= 0.3 is 0 Å². The molecular weight excluding hydrogens is 284 g/mol. The van der Waals surface area contributed by atoms with Gasteiger partial charge in [0.25, 0.3) is 11.5 Å². The molecule has 0 atom stereocenters. The van der Waals surface area contributed by atoms with Gasteiger partial charge < -0.3 is 14.9 Å². The molecule has 0 aromatic carbocycles. The number of H-pyrrole nitrogens is 1. The third kappa shape index (κ3) is 2.93. The lowest BCUT2D eigenvalue weighted by atomic mass is 10.2. The first kappa shape index (κ1) is 14.1. The number of hydrogen-bond donors (Lipinski definition) is 2. The third-order valence-electron chi connectivity index (χ3n) is 3.62. The molecule has 22 heavy (non-hydrogen) atoms.